The lowest BCUT2D eigenvalue weighted by Gasteiger charge is -2.24. The number of halogens is 1. The van der Waals surface area contributed by atoms with Gasteiger partial charge in [-0.1, -0.05) is 23.7 Å². The molecule has 0 heterocycles. The number of rotatable bonds is 5. The molecule has 0 bridgehead atoms. The zero-order valence-electron chi connectivity index (χ0n) is 11.9. The van der Waals surface area contributed by atoms with E-state index in [0.717, 1.165) is 11.1 Å². The van der Waals surface area contributed by atoms with Gasteiger partial charge in [-0.3, -0.25) is 4.79 Å². The molecular formula is C14H20ClN3O2. The molecule has 20 heavy (non-hydrogen) atoms. The van der Waals surface area contributed by atoms with Gasteiger partial charge in [-0.25, -0.2) is 4.79 Å². The summed E-state index contributed by atoms with van der Waals surface area (Å²) >= 11 is 6.02. The minimum atomic E-state index is -0.428. The SMILES string of the molecule is Cc1c(Cl)cccc1CNC(=O)N(C)[C@H](C)CC(N)=O. The molecule has 110 valence electrons. The normalized spacial score (nSPS) is 11.8. The van der Waals surface area contributed by atoms with Gasteiger partial charge in [0.05, 0.1) is 0 Å². The summed E-state index contributed by atoms with van der Waals surface area (Å²) in [5.41, 5.74) is 7.03. The van der Waals surface area contributed by atoms with Crippen LogP contribution < -0.4 is 11.1 Å². The van der Waals surface area contributed by atoms with Crippen molar-refractivity contribution in [1.29, 1.82) is 0 Å². The van der Waals surface area contributed by atoms with Crippen molar-refractivity contribution in [2.24, 2.45) is 5.73 Å². The molecule has 0 fully saturated rings. The van der Waals surface area contributed by atoms with Crippen molar-refractivity contribution in [2.45, 2.75) is 32.9 Å². The lowest BCUT2D eigenvalue weighted by atomic mass is 10.1. The van der Waals surface area contributed by atoms with Crippen LogP contribution in [0.2, 0.25) is 5.02 Å². The second-order valence-corrected chi connectivity index (χ2v) is 5.22. The number of hydrogen-bond acceptors (Lipinski definition) is 2. The van der Waals surface area contributed by atoms with Crippen molar-refractivity contribution in [3.8, 4) is 0 Å². The molecule has 1 rings (SSSR count). The summed E-state index contributed by atoms with van der Waals surface area (Å²) < 4.78 is 0. The molecule has 0 unspecified atom stereocenters. The number of amides is 3. The molecule has 0 spiro atoms. The third-order valence-electron chi connectivity index (χ3n) is 3.29. The maximum absolute atomic E-state index is 12.0. The summed E-state index contributed by atoms with van der Waals surface area (Å²) in [6.45, 7) is 4.07. The molecule has 0 radical (unpaired) electrons. The van der Waals surface area contributed by atoms with Gasteiger partial charge in [0.2, 0.25) is 5.91 Å². The summed E-state index contributed by atoms with van der Waals surface area (Å²) in [4.78, 5) is 24.3. The van der Waals surface area contributed by atoms with Crippen LogP contribution in [0.15, 0.2) is 18.2 Å². The largest absolute Gasteiger partial charge is 0.370 e. The Kier molecular flexibility index (Phi) is 5.82. The van der Waals surface area contributed by atoms with Crippen LogP contribution in [0.3, 0.4) is 0 Å². The Balaban J connectivity index is 2.58. The van der Waals surface area contributed by atoms with Crippen molar-refractivity contribution in [3.63, 3.8) is 0 Å². The first-order valence-electron chi connectivity index (χ1n) is 6.36. The van der Waals surface area contributed by atoms with Gasteiger partial charge in [-0.15, -0.1) is 0 Å². The average Bonchev–Trinajstić information content (AvgIpc) is 2.38. The summed E-state index contributed by atoms with van der Waals surface area (Å²) in [6, 6.07) is 5.07. The fourth-order valence-electron chi connectivity index (χ4n) is 1.77. The highest BCUT2D eigenvalue weighted by Crippen LogP contribution is 2.18. The van der Waals surface area contributed by atoms with Crippen LogP contribution >= 0.6 is 11.6 Å². The first-order chi connectivity index (χ1) is 9.32. The number of nitrogens with two attached hydrogens (primary N) is 1. The van der Waals surface area contributed by atoms with Gasteiger partial charge >= 0.3 is 6.03 Å². The van der Waals surface area contributed by atoms with E-state index in [9.17, 15) is 9.59 Å². The van der Waals surface area contributed by atoms with Crippen molar-refractivity contribution in [3.05, 3.63) is 34.3 Å². The van der Waals surface area contributed by atoms with E-state index in [1.807, 2.05) is 25.1 Å². The van der Waals surface area contributed by atoms with Crippen LogP contribution in [0, 0.1) is 6.92 Å². The van der Waals surface area contributed by atoms with Crippen molar-refractivity contribution in [2.75, 3.05) is 7.05 Å². The third kappa shape index (κ3) is 4.42. The predicted octanol–water partition coefficient (Wildman–Crippen LogP) is 2.05. The van der Waals surface area contributed by atoms with E-state index in [1.54, 1.807) is 14.0 Å². The van der Waals surface area contributed by atoms with Crippen LogP contribution in [0.5, 0.6) is 0 Å². The molecule has 1 aromatic carbocycles. The molecule has 1 aromatic rings. The van der Waals surface area contributed by atoms with Crippen molar-refractivity contribution in [1.82, 2.24) is 10.2 Å². The first kappa shape index (κ1) is 16.3. The second-order valence-electron chi connectivity index (χ2n) is 4.81. The Hall–Kier alpha value is -1.75. The standard InChI is InChI=1S/C14H20ClN3O2/c1-9(7-13(16)19)18(3)14(20)17-8-11-5-4-6-12(15)10(11)2/h4-6,9H,7-8H2,1-3H3,(H2,16,19)(H,17,20)/t9-/m1/s1. The molecule has 1 atom stereocenters. The minimum Gasteiger partial charge on any atom is -0.370 e. The van der Waals surface area contributed by atoms with Gasteiger partial charge in [0, 0.05) is 31.1 Å². The summed E-state index contributed by atoms with van der Waals surface area (Å²) in [5.74, 6) is -0.428. The lowest BCUT2D eigenvalue weighted by molar-refractivity contribution is -0.118. The van der Waals surface area contributed by atoms with Crippen LogP contribution in [0.25, 0.3) is 0 Å². The van der Waals surface area contributed by atoms with E-state index < -0.39 is 5.91 Å². The van der Waals surface area contributed by atoms with Crippen LogP contribution in [-0.2, 0) is 11.3 Å². The molecule has 0 aliphatic carbocycles. The smallest absolute Gasteiger partial charge is 0.317 e. The molecule has 5 nitrogen and oxygen atoms in total. The third-order valence-corrected chi connectivity index (χ3v) is 3.70. The highest BCUT2D eigenvalue weighted by atomic mass is 35.5. The Labute approximate surface area is 124 Å². The highest BCUT2D eigenvalue weighted by molar-refractivity contribution is 6.31. The van der Waals surface area contributed by atoms with E-state index in [-0.39, 0.29) is 18.5 Å². The van der Waals surface area contributed by atoms with Crippen molar-refractivity contribution >= 4 is 23.5 Å². The molecule has 3 amide bonds. The number of urea groups is 1. The zero-order chi connectivity index (χ0) is 15.3. The summed E-state index contributed by atoms with van der Waals surface area (Å²) in [6.07, 6.45) is 0.139. The number of hydrogen-bond donors (Lipinski definition) is 2. The monoisotopic (exact) mass is 297 g/mol. The van der Waals surface area contributed by atoms with E-state index >= 15 is 0 Å². The number of carbonyl (C=O) groups excluding carboxylic acids is 2. The fourth-order valence-corrected chi connectivity index (χ4v) is 1.96. The van der Waals surface area contributed by atoms with Gasteiger partial charge in [0.1, 0.15) is 0 Å². The quantitative estimate of drug-likeness (QED) is 0.873. The molecular weight excluding hydrogens is 278 g/mol. The molecule has 3 N–H and O–H groups in total. The van der Waals surface area contributed by atoms with Crippen LogP contribution in [0.4, 0.5) is 4.79 Å². The summed E-state index contributed by atoms with van der Waals surface area (Å²) in [7, 11) is 1.63. The molecule has 0 aliphatic rings. The van der Waals surface area contributed by atoms with E-state index in [4.69, 9.17) is 17.3 Å². The van der Waals surface area contributed by atoms with Crippen LogP contribution in [-0.4, -0.2) is 29.9 Å². The number of carbonyl (C=O) groups is 2. The number of nitrogens with one attached hydrogen (secondary N) is 1. The molecule has 0 aromatic heterocycles. The Bertz CT molecular complexity index is 505. The van der Waals surface area contributed by atoms with Crippen molar-refractivity contribution < 1.29 is 9.59 Å². The lowest BCUT2D eigenvalue weighted by Crippen LogP contribution is -2.43. The van der Waals surface area contributed by atoms with E-state index in [2.05, 4.69) is 5.32 Å². The summed E-state index contributed by atoms with van der Waals surface area (Å²) in [5, 5.41) is 3.47. The molecule has 0 saturated heterocycles. The number of benzene rings is 1. The van der Waals surface area contributed by atoms with Gasteiger partial charge in [0.25, 0.3) is 0 Å². The van der Waals surface area contributed by atoms with E-state index in [1.165, 1.54) is 4.90 Å². The first-order valence-corrected chi connectivity index (χ1v) is 6.73. The Morgan fingerprint density at radius 1 is 1.45 bits per heavy atom. The Morgan fingerprint density at radius 3 is 2.70 bits per heavy atom. The van der Waals surface area contributed by atoms with Gasteiger partial charge < -0.3 is 16.0 Å². The Morgan fingerprint density at radius 2 is 2.10 bits per heavy atom. The predicted molar refractivity (Wildman–Crippen MR) is 79.5 cm³/mol. The highest BCUT2D eigenvalue weighted by Gasteiger charge is 2.17. The maximum atomic E-state index is 12.0. The van der Waals surface area contributed by atoms with E-state index in [0.29, 0.717) is 11.6 Å². The topological polar surface area (TPSA) is 75.4 Å². The van der Waals surface area contributed by atoms with Gasteiger partial charge in [-0.2, -0.15) is 0 Å². The average molecular weight is 298 g/mol. The molecule has 6 heteroatoms. The van der Waals surface area contributed by atoms with Crippen LogP contribution in [0.1, 0.15) is 24.5 Å². The molecule has 0 aliphatic heterocycles. The van der Waals surface area contributed by atoms with Gasteiger partial charge in [-0.05, 0) is 31.0 Å². The second kappa shape index (κ2) is 7.14. The zero-order valence-corrected chi connectivity index (χ0v) is 12.7. The van der Waals surface area contributed by atoms with Gasteiger partial charge in [0.15, 0.2) is 0 Å². The molecule has 0 saturated carbocycles. The number of primary amides is 1. The minimum absolute atomic E-state index is 0.139. The number of nitrogens with zero attached hydrogens (tertiary/aromatic N) is 1. The maximum Gasteiger partial charge on any atom is 0.317 e. The fraction of sp³-hybridized carbons (Fsp3) is 0.429.